The lowest BCUT2D eigenvalue weighted by Crippen LogP contribution is -2.43. The monoisotopic (exact) mass is 351 g/mol. The number of aliphatic hydroxyl groups is 1. The van der Waals surface area contributed by atoms with Crippen molar-refractivity contribution >= 4 is 11.6 Å². The van der Waals surface area contributed by atoms with Crippen LogP contribution in [0.5, 0.6) is 0 Å². The predicted molar refractivity (Wildman–Crippen MR) is 104 cm³/mol. The van der Waals surface area contributed by atoms with Gasteiger partial charge in [0.1, 0.15) is 0 Å². The molecule has 1 unspecified atom stereocenters. The van der Waals surface area contributed by atoms with Crippen LogP contribution in [0.1, 0.15) is 23.1 Å². The van der Waals surface area contributed by atoms with Gasteiger partial charge in [-0.15, -0.1) is 0 Å². The third kappa shape index (κ3) is 3.21. The van der Waals surface area contributed by atoms with Crippen LogP contribution in [0, 0.1) is 0 Å². The maximum absolute atomic E-state index is 11.3. The largest absolute Gasteiger partial charge is 0.391 e. The number of hydrogen-bond donors (Lipinski definition) is 2. The molecule has 25 heavy (non-hydrogen) atoms. The Balaban J connectivity index is 2.38. The highest BCUT2D eigenvalue weighted by atomic mass is 35.5. The molecule has 0 fully saturated rings. The first kappa shape index (κ1) is 17.7. The van der Waals surface area contributed by atoms with E-state index >= 15 is 0 Å². The molecule has 3 N–H and O–H groups in total. The Bertz CT molecular complexity index is 765. The van der Waals surface area contributed by atoms with Gasteiger partial charge in [-0.3, -0.25) is 0 Å². The summed E-state index contributed by atoms with van der Waals surface area (Å²) in [4.78, 5) is 0. The Morgan fingerprint density at radius 1 is 0.800 bits per heavy atom. The Kier molecular flexibility index (Phi) is 5.54. The second kappa shape index (κ2) is 7.83. The number of halogens is 1. The second-order valence-corrected chi connectivity index (χ2v) is 6.52. The van der Waals surface area contributed by atoms with Gasteiger partial charge < -0.3 is 10.8 Å². The summed E-state index contributed by atoms with van der Waals surface area (Å²) < 4.78 is 0. The Hall–Kier alpha value is -2.13. The van der Waals surface area contributed by atoms with Crippen molar-refractivity contribution < 1.29 is 5.11 Å². The van der Waals surface area contributed by atoms with Gasteiger partial charge in [-0.05, 0) is 35.7 Å². The summed E-state index contributed by atoms with van der Waals surface area (Å²) in [6.45, 7) is 0.396. The first-order chi connectivity index (χ1) is 12.2. The molecular formula is C22H22ClNO. The van der Waals surface area contributed by atoms with Crippen LogP contribution in [0.4, 0.5) is 0 Å². The maximum atomic E-state index is 11.3. The summed E-state index contributed by atoms with van der Waals surface area (Å²) in [6, 6.07) is 27.8. The summed E-state index contributed by atoms with van der Waals surface area (Å²) in [6.07, 6.45) is -0.239. The average Bonchev–Trinajstić information content (AvgIpc) is 2.66. The highest BCUT2D eigenvalue weighted by Gasteiger charge is 2.43. The average molecular weight is 352 g/mol. The van der Waals surface area contributed by atoms with E-state index in [0.717, 1.165) is 16.7 Å². The Morgan fingerprint density at radius 3 is 1.76 bits per heavy atom. The number of benzene rings is 3. The molecular weight excluding hydrogens is 330 g/mol. The molecule has 2 nitrogen and oxygen atoms in total. The smallest absolute Gasteiger partial charge is 0.0730 e. The van der Waals surface area contributed by atoms with Crippen LogP contribution < -0.4 is 5.73 Å². The fraction of sp³-hybridized carbons (Fsp3) is 0.182. The van der Waals surface area contributed by atoms with Crippen molar-refractivity contribution in [2.24, 2.45) is 5.73 Å². The maximum Gasteiger partial charge on any atom is 0.0730 e. The van der Waals surface area contributed by atoms with Gasteiger partial charge in [-0.1, -0.05) is 90.5 Å². The fourth-order valence-electron chi connectivity index (χ4n) is 3.60. The minimum Gasteiger partial charge on any atom is -0.391 e. The molecule has 3 aromatic carbocycles. The van der Waals surface area contributed by atoms with Crippen molar-refractivity contribution in [1.82, 2.24) is 0 Å². The lowest BCUT2D eigenvalue weighted by Gasteiger charge is -2.40. The van der Waals surface area contributed by atoms with E-state index in [9.17, 15) is 5.11 Å². The fourth-order valence-corrected chi connectivity index (χ4v) is 3.88. The molecule has 0 aromatic heterocycles. The summed E-state index contributed by atoms with van der Waals surface area (Å²) >= 11 is 6.61. The van der Waals surface area contributed by atoms with Gasteiger partial charge in [0.2, 0.25) is 0 Å². The molecule has 0 heterocycles. The highest BCUT2D eigenvalue weighted by Crippen LogP contribution is 2.45. The van der Waals surface area contributed by atoms with E-state index in [0.29, 0.717) is 18.0 Å². The standard InChI is InChI=1S/C22H22ClNO/c23-20-14-8-7-13-19(20)22(21(25)15-16-24,17-9-3-1-4-10-17)18-11-5-2-6-12-18/h1-14,21,25H,15-16,24H2. The van der Waals surface area contributed by atoms with Crippen molar-refractivity contribution in [3.63, 3.8) is 0 Å². The third-order valence-electron chi connectivity index (χ3n) is 4.70. The molecule has 0 amide bonds. The molecule has 0 aliphatic heterocycles. The molecule has 0 radical (unpaired) electrons. The van der Waals surface area contributed by atoms with Crippen LogP contribution in [0.15, 0.2) is 84.9 Å². The van der Waals surface area contributed by atoms with E-state index in [1.807, 2.05) is 84.9 Å². The summed E-state index contributed by atoms with van der Waals surface area (Å²) in [5.41, 5.74) is 7.90. The van der Waals surface area contributed by atoms with Gasteiger partial charge in [0.05, 0.1) is 11.5 Å². The first-order valence-electron chi connectivity index (χ1n) is 8.45. The van der Waals surface area contributed by atoms with Gasteiger partial charge in [0, 0.05) is 5.02 Å². The lowest BCUT2D eigenvalue weighted by atomic mass is 9.65. The van der Waals surface area contributed by atoms with E-state index < -0.39 is 11.5 Å². The zero-order valence-electron chi connectivity index (χ0n) is 14.0. The number of rotatable bonds is 6. The first-order valence-corrected chi connectivity index (χ1v) is 8.83. The number of hydrogen-bond acceptors (Lipinski definition) is 2. The molecule has 128 valence electrons. The molecule has 0 aliphatic carbocycles. The van der Waals surface area contributed by atoms with Crippen molar-refractivity contribution in [1.29, 1.82) is 0 Å². The second-order valence-electron chi connectivity index (χ2n) is 6.11. The number of aliphatic hydroxyl groups excluding tert-OH is 1. The zero-order valence-corrected chi connectivity index (χ0v) is 14.7. The minimum absolute atomic E-state index is 0.396. The van der Waals surface area contributed by atoms with Gasteiger partial charge in [-0.25, -0.2) is 0 Å². The summed E-state index contributed by atoms with van der Waals surface area (Å²) in [5, 5.41) is 11.9. The van der Waals surface area contributed by atoms with Crippen molar-refractivity contribution in [3.8, 4) is 0 Å². The SMILES string of the molecule is NCCC(O)C(c1ccccc1)(c1ccccc1)c1ccccc1Cl. The van der Waals surface area contributed by atoms with Crippen molar-refractivity contribution in [3.05, 3.63) is 107 Å². The van der Waals surface area contributed by atoms with E-state index in [4.69, 9.17) is 17.3 Å². The summed E-state index contributed by atoms with van der Waals surface area (Å²) in [5.74, 6) is 0. The van der Waals surface area contributed by atoms with Gasteiger partial charge in [-0.2, -0.15) is 0 Å². The quantitative estimate of drug-likeness (QED) is 0.647. The third-order valence-corrected chi connectivity index (χ3v) is 5.03. The van der Waals surface area contributed by atoms with Crippen LogP contribution in [-0.2, 0) is 5.41 Å². The van der Waals surface area contributed by atoms with Crippen LogP contribution in [0.3, 0.4) is 0 Å². The lowest BCUT2D eigenvalue weighted by molar-refractivity contribution is 0.114. The van der Waals surface area contributed by atoms with Gasteiger partial charge in [0.15, 0.2) is 0 Å². The van der Waals surface area contributed by atoms with Crippen LogP contribution in [-0.4, -0.2) is 17.8 Å². The van der Waals surface area contributed by atoms with Crippen LogP contribution in [0.25, 0.3) is 0 Å². The molecule has 0 saturated heterocycles. The summed E-state index contributed by atoms with van der Waals surface area (Å²) in [7, 11) is 0. The molecule has 0 saturated carbocycles. The molecule has 1 atom stereocenters. The Labute approximate surface area is 153 Å². The van der Waals surface area contributed by atoms with E-state index in [2.05, 4.69) is 0 Å². The van der Waals surface area contributed by atoms with Gasteiger partial charge in [0.25, 0.3) is 0 Å². The normalized spacial score (nSPS) is 12.8. The molecule has 0 aliphatic rings. The highest BCUT2D eigenvalue weighted by molar-refractivity contribution is 6.31. The van der Waals surface area contributed by atoms with Crippen molar-refractivity contribution in [2.75, 3.05) is 6.54 Å². The van der Waals surface area contributed by atoms with Gasteiger partial charge >= 0.3 is 0 Å². The Morgan fingerprint density at radius 2 is 1.28 bits per heavy atom. The van der Waals surface area contributed by atoms with E-state index in [-0.39, 0.29) is 0 Å². The van der Waals surface area contributed by atoms with Crippen LogP contribution in [0.2, 0.25) is 5.02 Å². The molecule has 0 bridgehead atoms. The van der Waals surface area contributed by atoms with Crippen molar-refractivity contribution in [2.45, 2.75) is 17.9 Å². The molecule has 3 rings (SSSR count). The number of nitrogens with two attached hydrogens (primary N) is 1. The molecule has 3 aromatic rings. The van der Waals surface area contributed by atoms with Crippen LogP contribution >= 0.6 is 11.6 Å². The topological polar surface area (TPSA) is 46.2 Å². The minimum atomic E-state index is -0.778. The van der Waals surface area contributed by atoms with E-state index in [1.54, 1.807) is 0 Å². The zero-order chi connectivity index (χ0) is 17.7. The molecule has 0 spiro atoms. The predicted octanol–water partition coefficient (Wildman–Crippen LogP) is 4.38. The van der Waals surface area contributed by atoms with E-state index in [1.165, 1.54) is 0 Å². The molecule has 3 heteroatoms.